The van der Waals surface area contributed by atoms with Crippen molar-refractivity contribution < 1.29 is 13.2 Å². The van der Waals surface area contributed by atoms with Crippen LogP contribution in [0.3, 0.4) is 0 Å². The Morgan fingerprint density at radius 3 is 2.44 bits per heavy atom. The molecular weight excluding hydrogens is 450 g/mol. The Kier molecular flexibility index (Phi) is 6.78. The average molecular weight is 474 g/mol. The summed E-state index contributed by atoms with van der Waals surface area (Å²) in [6, 6.07) is 18.0. The normalized spacial score (nSPS) is 14.8. The average Bonchev–Trinajstić information content (AvgIpc) is 3.23. The third kappa shape index (κ3) is 4.58. The van der Waals surface area contributed by atoms with Crippen LogP contribution >= 0.6 is 0 Å². The summed E-state index contributed by atoms with van der Waals surface area (Å²) in [5.74, 6) is -0.191. The summed E-state index contributed by atoms with van der Waals surface area (Å²) in [6.45, 7) is 1.43. The number of nitriles is 2. The Morgan fingerprint density at radius 1 is 1.00 bits per heavy atom. The number of benzene rings is 2. The molecule has 1 amide bonds. The molecule has 0 radical (unpaired) electrons. The van der Waals surface area contributed by atoms with Crippen LogP contribution in [0.15, 0.2) is 65.7 Å². The minimum atomic E-state index is -3.81. The third-order valence-corrected chi connectivity index (χ3v) is 7.82. The van der Waals surface area contributed by atoms with Crippen molar-refractivity contribution in [2.75, 3.05) is 26.2 Å². The molecule has 1 aromatic heterocycles. The van der Waals surface area contributed by atoms with Crippen molar-refractivity contribution >= 4 is 32.9 Å². The molecule has 34 heavy (non-hydrogen) atoms. The second-order valence-corrected chi connectivity index (χ2v) is 9.78. The van der Waals surface area contributed by atoms with Gasteiger partial charge >= 0.3 is 0 Å². The van der Waals surface area contributed by atoms with Crippen molar-refractivity contribution in [2.24, 2.45) is 0 Å². The summed E-state index contributed by atoms with van der Waals surface area (Å²) in [7, 11) is -3.81. The van der Waals surface area contributed by atoms with E-state index in [0.29, 0.717) is 13.0 Å². The van der Waals surface area contributed by atoms with Crippen LogP contribution in [0.25, 0.3) is 17.0 Å². The number of carbonyl (C=O) groups excluding carboxylic acids is 1. The zero-order valence-electron chi connectivity index (χ0n) is 18.5. The summed E-state index contributed by atoms with van der Waals surface area (Å²) in [5.41, 5.74) is 2.00. The second kappa shape index (κ2) is 9.92. The van der Waals surface area contributed by atoms with E-state index in [1.165, 1.54) is 22.5 Å². The molecule has 1 aliphatic heterocycles. The molecule has 1 fully saturated rings. The summed E-state index contributed by atoms with van der Waals surface area (Å²) < 4.78 is 29.3. The van der Waals surface area contributed by atoms with Gasteiger partial charge < -0.3 is 9.47 Å². The van der Waals surface area contributed by atoms with Gasteiger partial charge in [-0.15, -0.1) is 0 Å². The molecule has 2 aromatic carbocycles. The molecule has 9 heteroatoms. The number of fused-ring (bicyclic) bond motifs is 1. The van der Waals surface area contributed by atoms with Crippen LogP contribution in [0, 0.1) is 22.7 Å². The lowest BCUT2D eigenvalue weighted by molar-refractivity contribution is -0.127. The minimum absolute atomic E-state index is 0.00930. The fourth-order valence-electron chi connectivity index (χ4n) is 4.10. The van der Waals surface area contributed by atoms with Crippen LogP contribution in [0.4, 0.5) is 0 Å². The lowest BCUT2D eigenvalue weighted by Crippen LogP contribution is -2.50. The first kappa shape index (κ1) is 23.2. The second-order valence-electron chi connectivity index (χ2n) is 7.87. The number of sulfonamides is 1. The van der Waals surface area contributed by atoms with Crippen LogP contribution < -0.4 is 0 Å². The maximum absolute atomic E-state index is 13.0. The van der Waals surface area contributed by atoms with E-state index in [0.717, 1.165) is 16.5 Å². The zero-order chi connectivity index (χ0) is 24.1. The molecule has 4 rings (SSSR count). The Labute approximate surface area is 198 Å². The Bertz CT molecular complexity index is 1440. The first-order valence-electron chi connectivity index (χ1n) is 10.9. The first-order valence-corrected chi connectivity index (χ1v) is 12.3. The molecular formula is C25H23N5O3S. The van der Waals surface area contributed by atoms with Crippen molar-refractivity contribution in [3.05, 3.63) is 71.9 Å². The van der Waals surface area contributed by atoms with Crippen molar-refractivity contribution in [1.82, 2.24) is 13.8 Å². The number of piperazine rings is 1. The number of amides is 1. The monoisotopic (exact) mass is 473 g/mol. The van der Waals surface area contributed by atoms with E-state index in [4.69, 9.17) is 5.26 Å². The molecule has 0 aliphatic carbocycles. The molecule has 0 bridgehead atoms. The van der Waals surface area contributed by atoms with Gasteiger partial charge in [0.1, 0.15) is 6.07 Å². The highest BCUT2D eigenvalue weighted by Gasteiger charge is 2.31. The molecule has 8 nitrogen and oxygen atoms in total. The zero-order valence-corrected chi connectivity index (χ0v) is 19.3. The van der Waals surface area contributed by atoms with E-state index in [1.807, 2.05) is 41.1 Å². The number of para-hydroxylation sites is 1. The van der Waals surface area contributed by atoms with E-state index in [-0.39, 0.29) is 42.5 Å². The van der Waals surface area contributed by atoms with Gasteiger partial charge in [-0.1, -0.05) is 30.3 Å². The first-order chi connectivity index (χ1) is 16.5. The molecule has 2 heterocycles. The molecule has 1 aliphatic rings. The predicted molar refractivity (Wildman–Crippen MR) is 128 cm³/mol. The Balaban J connectivity index is 1.45. The van der Waals surface area contributed by atoms with Crippen LogP contribution in [-0.4, -0.2) is 54.3 Å². The SMILES string of the molecule is N#CCCn1cc(/C=C/C(=O)N2CCN(S(=O)(=O)c3ccccc3C#N)CC2)c2ccccc21. The minimum Gasteiger partial charge on any atom is -0.346 e. The van der Waals surface area contributed by atoms with Gasteiger partial charge in [0.2, 0.25) is 15.9 Å². The quantitative estimate of drug-likeness (QED) is 0.511. The highest BCUT2D eigenvalue weighted by molar-refractivity contribution is 7.89. The largest absolute Gasteiger partial charge is 0.346 e. The van der Waals surface area contributed by atoms with E-state index in [9.17, 15) is 18.5 Å². The van der Waals surface area contributed by atoms with Crippen LogP contribution in [0.1, 0.15) is 17.5 Å². The molecule has 3 aromatic rings. The maximum Gasteiger partial charge on any atom is 0.246 e. The number of aromatic nitrogens is 1. The maximum atomic E-state index is 13.0. The number of hydrogen-bond acceptors (Lipinski definition) is 5. The summed E-state index contributed by atoms with van der Waals surface area (Å²) >= 11 is 0. The van der Waals surface area contributed by atoms with Gasteiger partial charge in [-0.3, -0.25) is 4.79 Å². The topological polar surface area (TPSA) is 110 Å². The van der Waals surface area contributed by atoms with Gasteiger partial charge in [0, 0.05) is 61.5 Å². The predicted octanol–water partition coefficient (Wildman–Crippen LogP) is 2.97. The van der Waals surface area contributed by atoms with Gasteiger partial charge in [0.25, 0.3) is 0 Å². The smallest absolute Gasteiger partial charge is 0.246 e. The van der Waals surface area contributed by atoms with Crippen LogP contribution in [0.5, 0.6) is 0 Å². The van der Waals surface area contributed by atoms with Gasteiger partial charge in [-0.25, -0.2) is 8.42 Å². The molecule has 0 unspecified atom stereocenters. The van der Waals surface area contributed by atoms with Gasteiger partial charge in [0.05, 0.1) is 22.9 Å². The number of carbonyl (C=O) groups is 1. The van der Waals surface area contributed by atoms with Crippen molar-refractivity contribution in [2.45, 2.75) is 17.9 Å². The van der Waals surface area contributed by atoms with E-state index < -0.39 is 10.0 Å². The Hall–Kier alpha value is -3.92. The Morgan fingerprint density at radius 2 is 1.71 bits per heavy atom. The standard InChI is InChI=1S/C25H23N5O3S/c26-12-5-13-29-19-21(22-7-2-3-8-23(22)29)10-11-25(31)28-14-16-30(17-15-28)34(32,33)24-9-4-1-6-20(24)18-27/h1-4,6-11,19H,5,13-17H2/b11-10+. The van der Waals surface area contributed by atoms with Crippen LogP contribution in [-0.2, 0) is 21.4 Å². The lowest BCUT2D eigenvalue weighted by Gasteiger charge is -2.33. The fourth-order valence-corrected chi connectivity index (χ4v) is 5.67. The van der Waals surface area contributed by atoms with Crippen molar-refractivity contribution in [3.63, 3.8) is 0 Å². The summed E-state index contributed by atoms with van der Waals surface area (Å²) in [4.78, 5) is 14.4. The van der Waals surface area contributed by atoms with Crippen molar-refractivity contribution in [3.8, 4) is 12.1 Å². The summed E-state index contributed by atoms with van der Waals surface area (Å²) in [5, 5.41) is 19.1. The molecule has 1 saturated heterocycles. The number of nitrogens with zero attached hydrogens (tertiary/aromatic N) is 5. The van der Waals surface area contributed by atoms with Gasteiger partial charge in [-0.2, -0.15) is 14.8 Å². The highest BCUT2D eigenvalue weighted by Crippen LogP contribution is 2.24. The van der Waals surface area contributed by atoms with Crippen LogP contribution in [0.2, 0.25) is 0 Å². The lowest BCUT2D eigenvalue weighted by atomic mass is 10.1. The van der Waals surface area contributed by atoms with Gasteiger partial charge in [-0.05, 0) is 24.3 Å². The van der Waals surface area contributed by atoms with Gasteiger partial charge in [0.15, 0.2) is 0 Å². The molecule has 0 spiro atoms. The summed E-state index contributed by atoms with van der Waals surface area (Å²) in [6.07, 6.45) is 5.60. The van der Waals surface area contributed by atoms with E-state index in [1.54, 1.807) is 23.1 Å². The van der Waals surface area contributed by atoms with E-state index in [2.05, 4.69) is 6.07 Å². The third-order valence-electron chi connectivity index (χ3n) is 5.87. The van der Waals surface area contributed by atoms with Crippen molar-refractivity contribution in [1.29, 1.82) is 10.5 Å². The van der Waals surface area contributed by atoms with E-state index >= 15 is 0 Å². The fraction of sp³-hybridized carbons (Fsp3) is 0.240. The highest BCUT2D eigenvalue weighted by atomic mass is 32.2. The number of hydrogen-bond donors (Lipinski definition) is 0. The number of aryl methyl sites for hydroxylation is 1. The molecule has 0 N–H and O–H groups in total. The molecule has 0 saturated carbocycles. The molecule has 0 atom stereocenters. The molecule has 172 valence electrons. The number of rotatable bonds is 6.